The molecule has 3 rings (SSSR count). The largest absolute Gasteiger partial charge is 0.486 e. The van der Waals surface area contributed by atoms with E-state index in [1.807, 2.05) is 0 Å². The summed E-state index contributed by atoms with van der Waals surface area (Å²) in [7, 11) is 2.43. The molecular weight excluding hydrogens is 547 g/mol. The molecule has 0 aliphatic rings. The first-order valence-electron chi connectivity index (χ1n) is 10.5. The molecule has 0 fully saturated rings. The van der Waals surface area contributed by atoms with E-state index in [2.05, 4.69) is 22.1 Å². The highest BCUT2D eigenvalue weighted by Crippen LogP contribution is 2.34. The number of rotatable bonds is 11. The molecule has 0 saturated heterocycles. The van der Waals surface area contributed by atoms with Crippen LogP contribution >= 0.6 is 34.7 Å². The minimum Gasteiger partial charge on any atom is -0.486 e. The lowest BCUT2D eigenvalue weighted by Crippen LogP contribution is -2.16. The summed E-state index contributed by atoms with van der Waals surface area (Å²) in [4.78, 5) is 37.2. The second-order valence-electron chi connectivity index (χ2n) is 7.24. The molecule has 2 aromatic heterocycles. The quantitative estimate of drug-likeness (QED) is 0.202. The van der Waals surface area contributed by atoms with Gasteiger partial charge < -0.3 is 19.5 Å². The summed E-state index contributed by atoms with van der Waals surface area (Å²) in [5, 5.41) is 11.4. The summed E-state index contributed by atoms with van der Waals surface area (Å²) in [6.07, 6.45) is 1.64. The fraction of sp³-hybridized carbons (Fsp3) is 0.261. The fourth-order valence-corrected chi connectivity index (χ4v) is 5.16. The molecule has 10 nitrogen and oxygen atoms in total. The van der Waals surface area contributed by atoms with Crippen LogP contribution in [0.4, 0.5) is 9.39 Å². The summed E-state index contributed by atoms with van der Waals surface area (Å²) in [6.45, 7) is 5.66. The zero-order chi connectivity index (χ0) is 27.1. The number of aromatic nitrogens is 3. The van der Waals surface area contributed by atoms with Gasteiger partial charge >= 0.3 is 11.9 Å². The molecule has 0 aliphatic carbocycles. The predicted octanol–water partition coefficient (Wildman–Crippen LogP) is 4.51. The van der Waals surface area contributed by atoms with Gasteiger partial charge in [-0.25, -0.2) is 14.0 Å². The lowest BCUT2D eigenvalue weighted by atomic mass is 10.1. The first-order chi connectivity index (χ1) is 17.7. The van der Waals surface area contributed by atoms with E-state index in [4.69, 9.17) is 25.8 Å². The molecule has 37 heavy (non-hydrogen) atoms. The van der Waals surface area contributed by atoms with Gasteiger partial charge in [0.2, 0.25) is 5.91 Å². The van der Waals surface area contributed by atoms with Crippen LogP contribution in [0.5, 0.6) is 5.75 Å². The number of methoxy groups -OCH3 is 2. The Labute approximate surface area is 224 Å². The van der Waals surface area contributed by atoms with Crippen molar-refractivity contribution >= 4 is 57.5 Å². The molecule has 14 heteroatoms. The molecular formula is C23H22ClFN4O6S2. The van der Waals surface area contributed by atoms with Gasteiger partial charge in [0.1, 0.15) is 28.1 Å². The number of benzene rings is 1. The zero-order valence-corrected chi connectivity index (χ0v) is 22.4. The number of carbonyl (C=O) groups is 3. The van der Waals surface area contributed by atoms with Gasteiger partial charge in [-0.2, -0.15) is 0 Å². The van der Waals surface area contributed by atoms with Gasteiger partial charge in [-0.05, 0) is 24.6 Å². The van der Waals surface area contributed by atoms with E-state index in [-0.39, 0.29) is 32.8 Å². The van der Waals surface area contributed by atoms with Crippen molar-refractivity contribution in [1.82, 2.24) is 14.8 Å². The van der Waals surface area contributed by atoms with E-state index < -0.39 is 23.7 Å². The third kappa shape index (κ3) is 6.67. The lowest BCUT2D eigenvalue weighted by Gasteiger charge is -2.10. The number of esters is 2. The van der Waals surface area contributed by atoms with Crippen LogP contribution in [0.1, 0.15) is 31.4 Å². The fourth-order valence-electron chi connectivity index (χ4n) is 3.09. The summed E-state index contributed by atoms with van der Waals surface area (Å²) in [5.74, 6) is -1.59. The second kappa shape index (κ2) is 12.7. The molecule has 1 amide bonds. The van der Waals surface area contributed by atoms with Crippen molar-refractivity contribution in [2.45, 2.75) is 25.2 Å². The van der Waals surface area contributed by atoms with Crippen LogP contribution in [-0.4, -0.2) is 52.6 Å². The average Bonchev–Trinajstić information content (AvgIpc) is 3.42. The first kappa shape index (κ1) is 28.2. The van der Waals surface area contributed by atoms with E-state index in [1.54, 1.807) is 17.6 Å². The van der Waals surface area contributed by atoms with Gasteiger partial charge in [0.25, 0.3) is 0 Å². The SMILES string of the molecule is C=CCn1c(COc2ccc(F)c(Cl)c2)nnc1SCC(=O)Nc1sc(C(=O)OC)c(C)c1C(=O)OC. The normalized spacial score (nSPS) is 10.6. The molecule has 2 heterocycles. The van der Waals surface area contributed by atoms with Gasteiger partial charge in [0.15, 0.2) is 11.0 Å². The number of halogens is 2. The van der Waals surface area contributed by atoms with Crippen LogP contribution in [0, 0.1) is 12.7 Å². The molecule has 1 N–H and O–H groups in total. The van der Waals surface area contributed by atoms with Crippen LogP contribution in [0.3, 0.4) is 0 Å². The Bertz CT molecular complexity index is 1340. The van der Waals surface area contributed by atoms with Crippen LogP contribution in [0.25, 0.3) is 0 Å². The van der Waals surface area contributed by atoms with E-state index >= 15 is 0 Å². The number of ether oxygens (including phenoxy) is 3. The number of amides is 1. The summed E-state index contributed by atoms with van der Waals surface area (Å²) < 4.78 is 30.3. The number of hydrogen-bond donors (Lipinski definition) is 1. The Morgan fingerprint density at radius 3 is 2.62 bits per heavy atom. The Morgan fingerprint density at radius 1 is 1.24 bits per heavy atom. The number of hydrogen-bond acceptors (Lipinski definition) is 10. The van der Waals surface area contributed by atoms with Gasteiger partial charge in [-0.1, -0.05) is 29.4 Å². The maximum Gasteiger partial charge on any atom is 0.348 e. The number of carbonyl (C=O) groups excluding carboxylic acids is 3. The molecule has 0 aliphatic heterocycles. The Morgan fingerprint density at radius 2 is 1.97 bits per heavy atom. The van der Waals surface area contributed by atoms with Gasteiger partial charge in [0, 0.05) is 12.6 Å². The molecule has 196 valence electrons. The minimum absolute atomic E-state index is 0.0167. The van der Waals surface area contributed by atoms with E-state index in [9.17, 15) is 18.8 Å². The molecule has 0 radical (unpaired) electrons. The molecule has 0 saturated carbocycles. The van der Waals surface area contributed by atoms with Gasteiger partial charge in [-0.3, -0.25) is 9.36 Å². The molecule has 0 atom stereocenters. The van der Waals surface area contributed by atoms with Crippen molar-refractivity contribution in [3.63, 3.8) is 0 Å². The van der Waals surface area contributed by atoms with Crippen molar-refractivity contribution in [2.24, 2.45) is 0 Å². The molecule has 0 unspecified atom stereocenters. The third-order valence-corrected chi connectivity index (χ3v) is 7.30. The van der Waals surface area contributed by atoms with Crippen molar-refractivity contribution in [1.29, 1.82) is 0 Å². The summed E-state index contributed by atoms with van der Waals surface area (Å²) in [5.41, 5.74) is 0.436. The zero-order valence-electron chi connectivity index (χ0n) is 20.0. The topological polar surface area (TPSA) is 122 Å². The Hall–Kier alpha value is -3.42. The van der Waals surface area contributed by atoms with E-state index in [0.717, 1.165) is 23.1 Å². The minimum atomic E-state index is -0.690. The highest BCUT2D eigenvalue weighted by molar-refractivity contribution is 7.99. The average molecular weight is 569 g/mol. The predicted molar refractivity (Wildman–Crippen MR) is 137 cm³/mol. The molecule has 0 spiro atoms. The highest BCUT2D eigenvalue weighted by atomic mass is 35.5. The number of nitrogens with one attached hydrogen (secondary N) is 1. The van der Waals surface area contributed by atoms with Crippen LogP contribution < -0.4 is 10.1 Å². The maximum absolute atomic E-state index is 13.4. The molecule has 3 aromatic rings. The smallest absolute Gasteiger partial charge is 0.348 e. The highest BCUT2D eigenvalue weighted by Gasteiger charge is 2.27. The van der Waals surface area contributed by atoms with Crippen molar-refractivity contribution in [3.8, 4) is 5.75 Å². The van der Waals surface area contributed by atoms with Crippen LogP contribution in [-0.2, 0) is 27.4 Å². The maximum atomic E-state index is 13.4. The van der Waals surface area contributed by atoms with E-state index in [0.29, 0.717) is 28.8 Å². The van der Waals surface area contributed by atoms with E-state index in [1.165, 1.54) is 32.4 Å². The number of anilines is 1. The number of thiophene rings is 1. The molecule has 1 aromatic carbocycles. The first-order valence-corrected chi connectivity index (χ1v) is 12.7. The number of thioether (sulfide) groups is 1. The van der Waals surface area contributed by atoms with Crippen LogP contribution in [0.2, 0.25) is 5.02 Å². The standard InChI is InChI=1S/C23H22ClFN4O6S2/c1-5-8-29-16(10-35-13-6-7-15(25)14(24)9-13)27-28-23(29)36-11-17(30)26-20-18(21(31)33-3)12(2)19(37-20)22(32)34-4/h5-7,9H,1,8,10-11H2,2-4H3,(H,26,30). The van der Waals surface area contributed by atoms with Crippen molar-refractivity contribution < 1.29 is 33.0 Å². The third-order valence-electron chi connectivity index (χ3n) is 4.86. The summed E-state index contributed by atoms with van der Waals surface area (Å²) in [6, 6.07) is 3.99. The van der Waals surface area contributed by atoms with Crippen LogP contribution in [0.15, 0.2) is 36.0 Å². The summed E-state index contributed by atoms with van der Waals surface area (Å²) >= 11 is 7.81. The second-order valence-corrected chi connectivity index (χ2v) is 9.61. The Balaban J connectivity index is 1.71. The van der Waals surface area contributed by atoms with Crippen molar-refractivity contribution in [2.75, 3.05) is 25.3 Å². The number of nitrogens with zero attached hydrogens (tertiary/aromatic N) is 3. The van der Waals surface area contributed by atoms with Gasteiger partial charge in [0.05, 0.1) is 30.6 Å². The number of allylic oxidation sites excluding steroid dienone is 1. The van der Waals surface area contributed by atoms with Crippen molar-refractivity contribution in [3.05, 3.63) is 63.5 Å². The molecule has 0 bridgehead atoms. The van der Waals surface area contributed by atoms with Gasteiger partial charge in [-0.15, -0.1) is 28.1 Å². The Kier molecular flexibility index (Phi) is 9.66. The lowest BCUT2D eigenvalue weighted by molar-refractivity contribution is -0.113. The monoisotopic (exact) mass is 568 g/mol.